The van der Waals surface area contributed by atoms with Crippen molar-refractivity contribution in [1.82, 2.24) is 15.9 Å². The number of carbonyl (C=O) groups excluding carboxylic acids is 1. The Labute approximate surface area is 53.1 Å². The van der Waals surface area contributed by atoms with E-state index in [4.69, 9.17) is 5.84 Å². The molecule has 0 bridgehead atoms. The summed E-state index contributed by atoms with van der Waals surface area (Å²) in [6.07, 6.45) is 0. The van der Waals surface area contributed by atoms with Gasteiger partial charge in [-0.2, -0.15) is 0 Å². The van der Waals surface area contributed by atoms with Crippen LogP contribution in [0.5, 0.6) is 0 Å². The molecule has 0 saturated carbocycles. The van der Waals surface area contributed by atoms with Gasteiger partial charge >= 0.3 is 6.03 Å². The topological polar surface area (TPSA) is 70.4 Å². The van der Waals surface area contributed by atoms with Crippen molar-refractivity contribution < 1.29 is 4.79 Å². The number of hydrazine groups is 2. The van der Waals surface area contributed by atoms with Crippen LogP contribution in [0.4, 0.5) is 4.79 Å². The summed E-state index contributed by atoms with van der Waals surface area (Å²) in [5, 5.41) is 1.14. The van der Waals surface area contributed by atoms with Crippen molar-refractivity contribution in [3.05, 3.63) is 0 Å². The highest BCUT2D eigenvalue weighted by Crippen LogP contribution is 1.89. The van der Waals surface area contributed by atoms with Crippen LogP contribution in [0.3, 0.4) is 0 Å². The van der Waals surface area contributed by atoms with Gasteiger partial charge in [-0.3, -0.25) is 10.4 Å². The van der Waals surface area contributed by atoms with Crippen LogP contribution < -0.4 is 16.7 Å². The Bertz CT molecular complexity index is 126. The Balaban J connectivity index is 2.44. The van der Waals surface area contributed by atoms with E-state index >= 15 is 0 Å². The fraction of sp³-hybridized carbons (Fsp3) is 0.750. The molecule has 1 heterocycles. The monoisotopic (exact) mass is 130 g/mol. The molecule has 2 amide bonds. The average molecular weight is 130 g/mol. The smallest absolute Gasteiger partial charge is 0.272 e. The molecule has 1 saturated heterocycles. The second-order valence-corrected chi connectivity index (χ2v) is 2.13. The van der Waals surface area contributed by atoms with E-state index in [1.807, 2.05) is 6.92 Å². The summed E-state index contributed by atoms with van der Waals surface area (Å²) in [5.74, 6) is 5.25. The van der Waals surface area contributed by atoms with Crippen LogP contribution in [0.25, 0.3) is 0 Å². The average Bonchev–Trinajstić information content (AvgIpc) is 1.80. The predicted octanol–water partition coefficient (Wildman–Crippen LogP) is -1.22. The normalized spacial score (nSPS) is 28.0. The maximum Gasteiger partial charge on any atom is 0.345 e. The molecule has 1 rings (SSSR count). The van der Waals surface area contributed by atoms with Crippen molar-refractivity contribution in [1.29, 1.82) is 0 Å². The minimum atomic E-state index is -0.284. The van der Waals surface area contributed by atoms with Gasteiger partial charge in [-0.25, -0.2) is 16.1 Å². The van der Waals surface area contributed by atoms with Gasteiger partial charge < -0.3 is 0 Å². The maximum absolute atomic E-state index is 10.6. The summed E-state index contributed by atoms with van der Waals surface area (Å²) >= 11 is 0. The largest absolute Gasteiger partial charge is 0.345 e. The van der Waals surface area contributed by atoms with Gasteiger partial charge in [0.05, 0.1) is 6.54 Å². The molecule has 0 aromatic carbocycles. The van der Waals surface area contributed by atoms with Crippen molar-refractivity contribution >= 4 is 6.03 Å². The zero-order valence-corrected chi connectivity index (χ0v) is 5.22. The van der Waals surface area contributed by atoms with E-state index in [9.17, 15) is 4.79 Å². The van der Waals surface area contributed by atoms with Crippen LogP contribution in [0.1, 0.15) is 6.92 Å². The molecule has 0 spiro atoms. The summed E-state index contributed by atoms with van der Waals surface area (Å²) in [4.78, 5) is 10.6. The lowest BCUT2D eigenvalue weighted by atomic mass is 10.3. The number of carbonyl (C=O) groups is 1. The molecule has 0 aromatic heterocycles. The van der Waals surface area contributed by atoms with Gasteiger partial charge in [0, 0.05) is 6.04 Å². The van der Waals surface area contributed by atoms with Gasteiger partial charge in [0.1, 0.15) is 0 Å². The molecular weight excluding hydrogens is 120 g/mol. The molecule has 52 valence electrons. The lowest BCUT2D eigenvalue weighted by Gasteiger charge is -2.28. The van der Waals surface area contributed by atoms with Crippen LogP contribution in [0.2, 0.25) is 0 Å². The minimum Gasteiger partial charge on any atom is -0.272 e. The summed E-state index contributed by atoms with van der Waals surface area (Å²) in [5.41, 5.74) is 5.13. The Hall–Kier alpha value is -0.810. The third-order valence-electron chi connectivity index (χ3n) is 1.16. The minimum absolute atomic E-state index is 0.215. The Kier molecular flexibility index (Phi) is 1.54. The lowest BCUT2D eigenvalue weighted by molar-refractivity contribution is 0.165. The molecule has 5 nitrogen and oxygen atoms in total. The van der Waals surface area contributed by atoms with Gasteiger partial charge in [0.15, 0.2) is 0 Å². The van der Waals surface area contributed by atoms with Gasteiger partial charge in [-0.1, -0.05) is 0 Å². The van der Waals surface area contributed by atoms with E-state index in [1.165, 1.54) is 0 Å². The summed E-state index contributed by atoms with van der Waals surface area (Å²) in [6, 6.07) is -0.0687. The van der Waals surface area contributed by atoms with Crippen molar-refractivity contribution in [2.45, 2.75) is 13.0 Å². The first-order chi connectivity index (χ1) is 4.20. The zero-order valence-electron chi connectivity index (χ0n) is 5.22. The Morgan fingerprint density at radius 3 is 3.00 bits per heavy atom. The fourth-order valence-corrected chi connectivity index (χ4v) is 0.680. The SMILES string of the molecule is CC1CN(N)C(=O)NN1. The third-order valence-corrected chi connectivity index (χ3v) is 1.16. The molecule has 9 heavy (non-hydrogen) atoms. The fourth-order valence-electron chi connectivity index (χ4n) is 0.680. The van der Waals surface area contributed by atoms with E-state index in [2.05, 4.69) is 10.9 Å². The molecule has 1 fully saturated rings. The van der Waals surface area contributed by atoms with Crippen LogP contribution in [-0.2, 0) is 0 Å². The maximum atomic E-state index is 10.6. The number of hydrogen-bond acceptors (Lipinski definition) is 3. The Morgan fingerprint density at radius 1 is 1.89 bits per heavy atom. The van der Waals surface area contributed by atoms with Gasteiger partial charge in [0.2, 0.25) is 0 Å². The van der Waals surface area contributed by atoms with Gasteiger partial charge in [-0.05, 0) is 6.92 Å². The number of nitrogens with two attached hydrogens (primary N) is 1. The van der Waals surface area contributed by atoms with E-state index in [1.54, 1.807) is 0 Å². The molecule has 0 aromatic rings. The predicted molar refractivity (Wildman–Crippen MR) is 32.0 cm³/mol. The highest BCUT2D eigenvalue weighted by Gasteiger charge is 2.17. The first kappa shape index (κ1) is 6.31. The van der Waals surface area contributed by atoms with Crippen molar-refractivity contribution in [3.8, 4) is 0 Å². The van der Waals surface area contributed by atoms with Gasteiger partial charge in [-0.15, -0.1) is 0 Å². The molecule has 4 N–H and O–H groups in total. The summed E-state index contributed by atoms with van der Waals surface area (Å²) in [6.45, 7) is 2.48. The molecular formula is C4H10N4O. The number of nitrogens with one attached hydrogen (secondary N) is 2. The summed E-state index contributed by atoms with van der Waals surface area (Å²) in [7, 11) is 0. The van der Waals surface area contributed by atoms with Crippen molar-refractivity contribution in [2.24, 2.45) is 5.84 Å². The number of nitrogens with zero attached hydrogens (tertiary/aromatic N) is 1. The number of hydrogen-bond donors (Lipinski definition) is 3. The summed E-state index contributed by atoms with van der Waals surface area (Å²) < 4.78 is 0. The number of amides is 2. The van der Waals surface area contributed by atoms with E-state index in [-0.39, 0.29) is 12.1 Å². The lowest BCUT2D eigenvalue weighted by Crippen LogP contribution is -2.61. The van der Waals surface area contributed by atoms with E-state index in [0.29, 0.717) is 6.54 Å². The zero-order chi connectivity index (χ0) is 6.85. The van der Waals surface area contributed by atoms with Crippen LogP contribution >= 0.6 is 0 Å². The molecule has 0 aliphatic carbocycles. The molecule has 1 aliphatic rings. The molecule has 1 atom stereocenters. The van der Waals surface area contributed by atoms with E-state index < -0.39 is 0 Å². The third kappa shape index (κ3) is 1.30. The molecule has 5 heteroatoms. The molecule has 1 unspecified atom stereocenters. The van der Waals surface area contributed by atoms with Crippen LogP contribution in [0, 0.1) is 0 Å². The second-order valence-electron chi connectivity index (χ2n) is 2.13. The highest BCUT2D eigenvalue weighted by atomic mass is 16.2. The second kappa shape index (κ2) is 2.20. The standard InChI is InChI=1S/C4H10N4O/c1-3-2-8(5)4(9)7-6-3/h3,6H,2,5H2,1H3,(H,7,9). The number of urea groups is 1. The first-order valence-electron chi connectivity index (χ1n) is 2.78. The Morgan fingerprint density at radius 2 is 2.56 bits per heavy atom. The molecule has 1 aliphatic heterocycles. The quantitative estimate of drug-likeness (QED) is 0.284. The first-order valence-corrected chi connectivity index (χ1v) is 2.78. The highest BCUT2D eigenvalue weighted by molar-refractivity contribution is 5.73. The van der Waals surface area contributed by atoms with Crippen LogP contribution in [0.15, 0.2) is 0 Å². The number of rotatable bonds is 0. The molecule has 0 radical (unpaired) electrons. The van der Waals surface area contributed by atoms with Gasteiger partial charge in [0.25, 0.3) is 0 Å². The van der Waals surface area contributed by atoms with Crippen molar-refractivity contribution in [2.75, 3.05) is 6.54 Å². The van der Waals surface area contributed by atoms with Crippen LogP contribution in [-0.4, -0.2) is 23.6 Å². The van der Waals surface area contributed by atoms with Crippen molar-refractivity contribution in [3.63, 3.8) is 0 Å². The van der Waals surface area contributed by atoms with E-state index in [0.717, 1.165) is 5.01 Å².